The standard InChI is InChI=1S/C24H18INO7/c25-17-11-13-18(14-12-17)26-21(27)19(32-23(30)15-7-3-1-4-8-15)20(22(28)29)33-24(31)16-9-5-2-6-10-16/h1-14,19-20H,(H,26,27)(H,28,29)/t19-,20+/m0/s1. The maximum absolute atomic E-state index is 13.0. The second-order valence-corrected chi connectivity index (χ2v) is 7.96. The molecule has 3 rings (SSSR count). The number of carboxylic acids is 1. The molecule has 0 aromatic heterocycles. The molecule has 3 aromatic rings. The van der Waals surface area contributed by atoms with E-state index in [-0.39, 0.29) is 11.1 Å². The predicted octanol–water partition coefficient (Wildman–Crippen LogP) is 3.77. The van der Waals surface area contributed by atoms with Crippen LogP contribution in [0.1, 0.15) is 20.7 Å². The van der Waals surface area contributed by atoms with Crippen LogP contribution in [0.25, 0.3) is 0 Å². The van der Waals surface area contributed by atoms with E-state index in [0.717, 1.165) is 3.57 Å². The van der Waals surface area contributed by atoms with Gasteiger partial charge in [0.15, 0.2) is 0 Å². The number of carbonyl (C=O) groups is 4. The highest BCUT2D eigenvalue weighted by Crippen LogP contribution is 2.17. The second-order valence-electron chi connectivity index (χ2n) is 6.72. The average Bonchev–Trinajstić information content (AvgIpc) is 2.83. The Labute approximate surface area is 202 Å². The van der Waals surface area contributed by atoms with Gasteiger partial charge in [-0.15, -0.1) is 0 Å². The molecule has 0 fully saturated rings. The SMILES string of the molecule is O=C(O[C@H](C(=O)Nc1ccc(I)cc1)[C@@H](OC(=O)c1ccccc1)C(=O)O)c1ccccc1. The van der Waals surface area contributed by atoms with Gasteiger partial charge in [0.2, 0.25) is 12.2 Å². The first kappa shape index (κ1) is 23.9. The summed E-state index contributed by atoms with van der Waals surface area (Å²) < 4.78 is 11.3. The second kappa shape index (κ2) is 11.2. The highest BCUT2D eigenvalue weighted by atomic mass is 127. The normalized spacial score (nSPS) is 12.2. The molecule has 2 N–H and O–H groups in total. The molecule has 0 aliphatic rings. The van der Waals surface area contributed by atoms with Crippen LogP contribution in [-0.4, -0.2) is 41.1 Å². The Bertz CT molecular complexity index is 1130. The summed E-state index contributed by atoms with van der Waals surface area (Å²) >= 11 is 2.09. The Morgan fingerprint density at radius 2 is 1.15 bits per heavy atom. The number of benzene rings is 3. The van der Waals surface area contributed by atoms with Crippen LogP contribution in [-0.2, 0) is 19.1 Å². The van der Waals surface area contributed by atoms with Crippen molar-refractivity contribution in [3.63, 3.8) is 0 Å². The zero-order valence-corrected chi connectivity index (χ0v) is 19.2. The third-order valence-electron chi connectivity index (χ3n) is 4.38. The number of halogens is 1. The predicted molar refractivity (Wildman–Crippen MR) is 127 cm³/mol. The molecule has 8 nitrogen and oxygen atoms in total. The van der Waals surface area contributed by atoms with Crippen molar-refractivity contribution in [3.8, 4) is 0 Å². The fraction of sp³-hybridized carbons (Fsp3) is 0.0833. The number of esters is 2. The third-order valence-corrected chi connectivity index (χ3v) is 5.09. The molecule has 0 bridgehead atoms. The average molecular weight is 559 g/mol. The van der Waals surface area contributed by atoms with E-state index in [0.29, 0.717) is 5.69 Å². The van der Waals surface area contributed by atoms with Gasteiger partial charge in [0.25, 0.3) is 5.91 Å². The van der Waals surface area contributed by atoms with Crippen molar-refractivity contribution < 1.29 is 33.8 Å². The Morgan fingerprint density at radius 3 is 1.61 bits per heavy atom. The van der Waals surface area contributed by atoms with Gasteiger partial charge >= 0.3 is 17.9 Å². The van der Waals surface area contributed by atoms with Gasteiger partial charge in [-0.2, -0.15) is 0 Å². The molecule has 0 saturated heterocycles. The summed E-state index contributed by atoms with van der Waals surface area (Å²) in [5.74, 6) is -4.54. The summed E-state index contributed by atoms with van der Waals surface area (Å²) in [5.41, 5.74) is 0.526. The van der Waals surface area contributed by atoms with Crippen molar-refractivity contribution in [1.82, 2.24) is 0 Å². The van der Waals surface area contributed by atoms with Crippen LogP contribution in [0.15, 0.2) is 84.9 Å². The molecule has 3 aromatic carbocycles. The fourth-order valence-corrected chi connectivity index (χ4v) is 3.12. The highest BCUT2D eigenvalue weighted by molar-refractivity contribution is 14.1. The van der Waals surface area contributed by atoms with Crippen LogP contribution in [0.5, 0.6) is 0 Å². The van der Waals surface area contributed by atoms with Gasteiger partial charge in [0.05, 0.1) is 11.1 Å². The van der Waals surface area contributed by atoms with Gasteiger partial charge in [-0.1, -0.05) is 36.4 Å². The van der Waals surface area contributed by atoms with E-state index in [2.05, 4.69) is 27.9 Å². The number of rotatable bonds is 8. The van der Waals surface area contributed by atoms with Crippen LogP contribution in [0.4, 0.5) is 5.69 Å². The molecule has 2 atom stereocenters. The summed E-state index contributed by atoms with van der Waals surface area (Å²) in [6, 6.07) is 22.1. The summed E-state index contributed by atoms with van der Waals surface area (Å²) in [5, 5.41) is 12.2. The van der Waals surface area contributed by atoms with E-state index < -0.39 is 36.0 Å². The fourth-order valence-electron chi connectivity index (χ4n) is 2.76. The molecule has 0 aliphatic heterocycles. The van der Waals surface area contributed by atoms with E-state index in [1.165, 1.54) is 24.3 Å². The minimum absolute atomic E-state index is 0.0786. The Kier molecular flexibility index (Phi) is 8.14. The lowest BCUT2D eigenvalue weighted by Gasteiger charge is -2.23. The Hall–Kier alpha value is -3.73. The molecule has 33 heavy (non-hydrogen) atoms. The van der Waals surface area contributed by atoms with Gasteiger partial charge in [-0.3, -0.25) is 4.79 Å². The number of hydrogen-bond donors (Lipinski definition) is 2. The van der Waals surface area contributed by atoms with Gasteiger partial charge in [0.1, 0.15) is 0 Å². The lowest BCUT2D eigenvalue weighted by molar-refractivity contribution is -0.157. The maximum Gasteiger partial charge on any atom is 0.349 e. The summed E-state index contributed by atoms with van der Waals surface area (Å²) in [6.45, 7) is 0. The number of hydrogen-bond acceptors (Lipinski definition) is 6. The van der Waals surface area contributed by atoms with Gasteiger partial charge in [-0.05, 0) is 71.1 Å². The van der Waals surface area contributed by atoms with Crippen molar-refractivity contribution in [2.24, 2.45) is 0 Å². The van der Waals surface area contributed by atoms with Crippen molar-refractivity contribution in [1.29, 1.82) is 0 Å². The number of nitrogens with one attached hydrogen (secondary N) is 1. The first-order chi connectivity index (χ1) is 15.8. The third kappa shape index (κ3) is 6.62. The number of ether oxygens (including phenoxy) is 2. The minimum atomic E-state index is -2.09. The quantitative estimate of drug-likeness (QED) is 0.319. The molecule has 0 spiro atoms. The summed E-state index contributed by atoms with van der Waals surface area (Å²) in [6.07, 6.45) is -4.05. The largest absolute Gasteiger partial charge is 0.478 e. The number of amides is 1. The van der Waals surface area contributed by atoms with E-state index in [9.17, 15) is 24.3 Å². The number of carboxylic acid groups (broad SMARTS) is 1. The van der Waals surface area contributed by atoms with Crippen LogP contribution < -0.4 is 5.32 Å². The molecule has 0 aliphatic carbocycles. The van der Waals surface area contributed by atoms with E-state index >= 15 is 0 Å². The van der Waals surface area contributed by atoms with Crippen molar-refractivity contribution in [2.45, 2.75) is 12.2 Å². The van der Waals surface area contributed by atoms with Crippen molar-refractivity contribution in [2.75, 3.05) is 5.32 Å². The van der Waals surface area contributed by atoms with E-state index in [1.807, 2.05) is 0 Å². The first-order valence-corrected chi connectivity index (χ1v) is 10.7. The lowest BCUT2D eigenvalue weighted by Crippen LogP contribution is -2.48. The molecule has 0 radical (unpaired) electrons. The van der Waals surface area contributed by atoms with E-state index in [4.69, 9.17) is 9.47 Å². The monoisotopic (exact) mass is 559 g/mol. The highest BCUT2D eigenvalue weighted by Gasteiger charge is 2.41. The van der Waals surface area contributed by atoms with Crippen LogP contribution in [0, 0.1) is 3.57 Å². The number of anilines is 1. The molecule has 0 unspecified atom stereocenters. The number of aliphatic carboxylic acids is 1. The van der Waals surface area contributed by atoms with Crippen molar-refractivity contribution in [3.05, 3.63) is 99.6 Å². The van der Waals surface area contributed by atoms with Crippen LogP contribution >= 0.6 is 22.6 Å². The molecule has 168 valence electrons. The summed E-state index contributed by atoms with van der Waals surface area (Å²) in [4.78, 5) is 50.0. The molecule has 0 heterocycles. The Morgan fingerprint density at radius 1 is 0.697 bits per heavy atom. The maximum atomic E-state index is 13.0. The minimum Gasteiger partial charge on any atom is -0.478 e. The van der Waals surface area contributed by atoms with Gasteiger partial charge < -0.3 is 19.9 Å². The number of carbonyl (C=O) groups excluding carboxylic acids is 3. The van der Waals surface area contributed by atoms with Crippen LogP contribution in [0.2, 0.25) is 0 Å². The molecular weight excluding hydrogens is 541 g/mol. The van der Waals surface area contributed by atoms with Gasteiger partial charge in [0, 0.05) is 9.26 Å². The lowest BCUT2D eigenvalue weighted by atomic mass is 10.1. The molecule has 0 saturated carbocycles. The Balaban J connectivity index is 1.89. The zero-order chi connectivity index (χ0) is 23.8. The molecular formula is C24H18INO7. The van der Waals surface area contributed by atoms with Crippen LogP contribution in [0.3, 0.4) is 0 Å². The molecule has 1 amide bonds. The van der Waals surface area contributed by atoms with Crippen molar-refractivity contribution >= 4 is 52.1 Å². The molecule has 9 heteroatoms. The van der Waals surface area contributed by atoms with Gasteiger partial charge in [-0.25, -0.2) is 14.4 Å². The topological polar surface area (TPSA) is 119 Å². The first-order valence-electron chi connectivity index (χ1n) is 9.66. The smallest absolute Gasteiger partial charge is 0.349 e. The van der Waals surface area contributed by atoms with E-state index in [1.54, 1.807) is 60.7 Å². The zero-order valence-electron chi connectivity index (χ0n) is 17.0. The summed E-state index contributed by atoms with van der Waals surface area (Å²) in [7, 11) is 0.